The van der Waals surface area contributed by atoms with Gasteiger partial charge in [0, 0.05) is 49.8 Å². The van der Waals surface area contributed by atoms with E-state index in [-0.39, 0.29) is 10.7 Å². The Labute approximate surface area is 186 Å². The molecule has 166 valence electrons. The molecule has 0 aromatic carbocycles. The molecule has 3 aromatic heterocycles. The van der Waals surface area contributed by atoms with Crippen LogP contribution in [0.25, 0.3) is 0 Å². The third kappa shape index (κ3) is 4.40. The monoisotopic (exact) mass is 453 g/mol. The smallest absolute Gasteiger partial charge is 0.179 e. The Morgan fingerprint density at radius 2 is 1.81 bits per heavy atom. The summed E-state index contributed by atoms with van der Waals surface area (Å²) in [5.41, 5.74) is 1.56. The number of anilines is 4. The standard InChI is InChI=1S/C21H23N7O3S/c1-32(29,30)16-3-2-6-22-20(16)27-19-7-18(24-14-25-19)26-17-5-4-15(8-23-17)9-28-10-21(11-28)12-31-13-21/h2-8,14H,9-13H2,1H3,(H2,22,23,24,25,26,27). The van der Waals surface area contributed by atoms with E-state index in [2.05, 4.69) is 35.5 Å². The number of rotatable bonds is 7. The second kappa shape index (κ2) is 8.08. The van der Waals surface area contributed by atoms with Crippen molar-refractivity contribution in [2.24, 2.45) is 5.41 Å². The van der Waals surface area contributed by atoms with Gasteiger partial charge in [0.1, 0.15) is 34.5 Å². The zero-order valence-electron chi connectivity index (χ0n) is 17.5. The van der Waals surface area contributed by atoms with Crippen LogP contribution in [0.3, 0.4) is 0 Å². The highest BCUT2D eigenvalue weighted by Gasteiger charge is 2.48. The van der Waals surface area contributed by atoms with Crippen molar-refractivity contribution >= 4 is 33.1 Å². The van der Waals surface area contributed by atoms with Crippen molar-refractivity contribution in [3.63, 3.8) is 0 Å². The molecule has 5 rings (SSSR count). The maximum atomic E-state index is 12.0. The molecular weight excluding hydrogens is 430 g/mol. The minimum Gasteiger partial charge on any atom is -0.380 e. The molecule has 5 heterocycles. The second-order valence-electron chi connectivity index (χ2n) is 8.35. The van der Waals surface area contributed by atoms with Crippen LogP contribution in [0.15, 0.2) is 53.9 Å². The molecule has 2 aliphatic rings. The summed E-state index contributed by atoms with van der Waals surface area (Å²) in [6.07, 6.45) is 5.89. The average Bonchev–Trinajstić information content (AvgIpc) is 2.70. The number of aromatic nitrogens is 4. The van der Waals surface area contributed by atoms with E-state index in [1.165, 1.54) is 18.6 Å². The predicted molar refractivity (Wildman–Crippen MR) is 119 cm³/mol. The highest BCUT2D eigenvalue weighted by atomic mass is 32.2. The summed E-state index contributed by atoms with van der Waals surface area (Å²) in [5.74, 6) is 1.80. The number of hydrogen-bond donors (Lipinski definition) is 2. The van der Waals surface area contributed by atoms with Crippen molar-refractivity contribution in [2.75, 3.05) is 43.2 Å². The lowest BCUT2D eigenvalue weighted by Crippen LogP contribution is -2.65. The second-order valence-corrected chi connectivity index (χ2v) is 10.3. The van der Waals surface area contributed by atoms with Gasteiger partial charge in [-0.15, -0.1) is 0 Å². The maximum absolute atomic E-state index is 12.0. The number of sulfone groups is 1. The summed E-state index contributed by atoms with van der Waals surface area (Å²) in [6.45, 7) is 4.82. The van der Waals surface area contributed by atoms with Gasteiger partial charge < -0.3 is 15.4 Å². The molecule has 0 radical (unpaired) electrons. The van der Waals surface area contributed by atoms with Crippen LogP contribution >= 0.6 is 0 Å². The van der Waals surface area contributed by atoms with Gasteiger partial charge in [-0.1, -0.05) is 6.07 Å². The molecule has 3 aromatic rings. The Bertz CT molecular complexity index is 1220. The lowest BCUT2D eigenvalue weighted by molar-refractivity contribution is -0.191. The lowest BCUT2D eigenvalue weighted by Gasteiger charge is -2.55. The van der Waals surface area contributed by atoms with E-state index < -0.39 is 9.84 Å². The maximum Gasteiger partial charge on any atom is 0.179 e. The van der Waals surface area contributed by atoms with Gasteiger partial charge in [-0.3, -0.25) is 4.90 Å². The molecule has 2 fully saturated rings. The summed E-state index contributed by atoms with van der Waals surface area (Å²) in [7, 11) is -3.43. The van der Waals surface area contributed by atoms with Crippen molar-refractivity contribution in [2.45, 2.75) is 11.4 Å². The first-order valence-corrected chi connectivity index (χ1v) is 12.0. The lowest BCUT2D eigenvalue weighted by atomic mass is 9.78. The van der Waals surface area contributed by atoms with Crippen molar-refractivity contribution < 1.29 is 13.2 Å². The molecular formula is C21H23N7O3S. The molecule has 0 unspecified atom stereocenters. The third-order valence-electron chi connectivity index (χ3n) is 5.51. The van der Waals surface area contributed by atoms with Crippen LogP contribution in [0, 0.1) is 5.41 Å². The average molecular weight is 454 g/mol. The zero-order valence-corrected chi connectivity index (χ0v) is 18.3. The van der Waals surface area contributed by atoms with Gasteiger partial charge in [-0.2, -0.15) is 0 Å². The van der Waals surface area contributed by atoms with E-state index in [1.807, 2.05) is 18.3 Å². The van der Waals surface area contributed by atoms with E-state index in [0.717, 1.165) is 44.7 Å². The van der Waals surface area contributed by atoms with Crippen molar-refractivity contribution in [3.8, 4) is 0 Å². The molecule has 0 aliphatic carbocycles. The van der Waals surface area contributed by atoms with Crippen LogP contribution in [0.4, 0.5) is 23.3 Å². The Morgan fingerprint density at radius 3 is 2.47 bits per heavy atom. The minimum atomic E-state index is -3.43. The largest absolute Gasteiger partial charge is 0.380 e. The van der Waals surface area contributed by atoms with Crippen LogP contribution in [-0.2, 0) is 21.1 Å². The number of hydrogen-bond acceptors (Lipinski definition) is 10. The number of pyridine rings is 2. The fourth-order valence-corrected chi connectivity index (χ4v) is 4.75. The van der Waals surface area contributed by atoms with Gasteiger partial charge in [0.2, 0.25) is 0 Å². The van der Waals surface area contributed by atoms with Gasteiger partial charge >= 0.3 is 0 Å². The van der Waals surface area contributed by atoms with E-state index in [1.54, 1.807) is 12.1 Å². The molecule has 1 spiro atoms. The van der Waals surface area contributed by atoms with E-state index in [0.29, 0.717) is 22.9 Å². The molecule has 2 aliphatic heterocycles. The van der Waals surface area contributed by atoms with Crippen molar-refractivity contribution in [3.05, 3.63) is 54.6 Å². The van der Waals surface area contributed by atoms with Crippen molar-refractivity contribution in [1.82, 2.24) is 24.8 Å². The zero-order chi connectivity index (χ0) is 22.2. The van der Waals surface area contributed by atoms with Crippen LogP contribution in [0.5, 0.6) is 0 Å². The SMILES string of the molecule is CS(=O)(=O)c1cccnc1Nc1cc(Nc2ccc(CN3CC4(COC4)C3)cn2)ncn1. The summed E-state index contributed by atoms with van der Waals surface area (Å²) in [6, 6.07) is 8.69. The molecule has 0 bridgehead atoms. The van der Waals surface area contributed by atoms with E-state index >= 15 is 0 Å². The van der Waals surface area contributed by atoms with Gasteiger partial charge in [0.15, 0.2) is 9.84 Å². The Hall–Kier alpha value is -3.15. The summed E-state index contributed by atoms with van der Waals surface area (Å²) in [5, 5.41) is 6.09. The Morgan fingerprint density at radius 1 is 1.03 bits per heavy atom. The summed E-state index contributed by atoms with van der Waals surface area (Å²) >= 11 is 0. The topological polar surface area (TPSA) is 122 Å². The van der Waals surface area contributed by atoms with Gasteiger partial charge in [0.25, 0.3) is 0 Å². The fraction of sp³-hybridized carbons (Fsp3) is 0.333. The van der Waals surface area contributed by atoms with Gasteiger partial charge in [0.05, 0.1) is 13.2 Å². The predicted octanol–water partition coefficient (Wildman–Crippen LogP) is 1.99. The van der Waals surface area contributed by atoms with Crippen LogP contribution in [-0.4, -0.2) is 65.8 Å². The van der Waals surface area contributed by atoms with Crippen LogP contribution < -0.4 is 10.6 Å². The molecule has 2 N–H and O–H groups in total. The van der Waals surface area contributed by atoms with Gasteiger partial charge in [-0.05, 0) is 23.8 Å². The number of nitrogens with one attached hydrogen (secondary N) is 2. The Kier molecular flexibility index (Phi) is 5.24. The van der Waals surface area contributed by atoms with Crippen LogP contribution in [0.1, 0.15) is 5.56 Å². The number of likely N-dealkylation sites (tertiary alicyclic amines) is 1. The van der Waals surface area contributed by atoms with Crippen molar-refractivity contribution in [1.29, 1.82) is 0 Å². The molecule has 0 atom stereocenters. The summed E-state index contributed by atoms with van der Waals surface area (Å²) < 4.78 is 29.3. The molecule has 11 heteroatoms. The summed E-state index contributed by atoms with van der Waals surface area (Å²) in [4.78, 5) is 19.5. The number of ether oxygens (including phenoxy) is 1. The molecule has 10 nitrogen and oxygen atoms in total. The first-order valence-electron chi connectivity index (χ1n) is 10.1. The fourth-order valence-electron chi connectivity index (χ4n) is 3.97. The van der Waals surface area contributed by atoms with E-state index in [4.69, 9.17) is 4.74 Å². The highest BCUT2D eigenvalue weighted by Crippen LogP contribution is 2.38. The highest BCUT2D eigenvalue weighted by molar-refractivity contribution is 7.90. The third-order valence-corrected chi connectivity index (χ3v) is 6.63. The minimum absolute atomic E-state index is 0.100. The first kappa shape index (κ1) is 20.7. The molecule has 2 saturated heterocycles. The molecule has 0 saturated carbocycles. The quantitative estimate of drug-likeness (QED) is 0.549. The molecule has 32 heavy (non-hydrogen) atoms. The first-order chi connectivity index (χ1) is 15.4. The van der Waals surface area contributed by atoms with Gasteiger partial charge in [-0.25, -0.2) is 28.4 Å². The van der Waals surface area contributed by atoms with Crippen LogP contribution in [0.2, 0.25) is 0 Å². The Balaban J connectivity index is 1.23. The number of nitrogens with zero attached hydrogens (tertiary/aromatic N) is 5. The molecule has 0 amide bonds. The van der Waals surface area contributed by atoms with E-state index in [9.17, 15) is 8.42 Å². The normalized spacial score (nSPS) is 17.4.